The largest absolute Gasteiger partial charge is 0.393 e. The normalized spacial score (nSPS) is 16.2. The second-order valence-corrected chi connectivity index (χ2v) is 5.81. The van der Waals surface area contributed by atoms with Gasteiger partial charge in [0.25, 0.3) is 0 Å². The highest BCUT2D eigenvalue weighted by Crippen LogP contribution is 2.24. The summed E-state index contributed by atoms with van der Waals surface area (Å²) in [5.74, 6) is 0.899. The van der Waals surface area contributed by atoms with Crippen molar-refractivity contribution in [1.82, 2.24) is 10.2 Å². The number of hydrogen-bond donors (Lipinski definition) is 1. The van der Waals surface area contributed by atoms with Crippen LogP contribution in [0, 0.1) is 13.8 Å². The summed E-state index contributed by atoms with van der Waals surface area (Å²) in [6, 6.07) is 10.4. The van der Waals surface area contributed by atoms with E-state index in [4.69, 9.17) is 0 Å². The van der Waals surface area contributed by atoms with Gasteiger partial charge in [-0.3, -0.25) is 0 Å². The monoisotopic (exact) mass is 283 g/mol. The summed E-state index contributed by atoms with van der Waals surface area (Å²) in [4.78, 5) is 2.19. The van der Waals surface area contributed by atoms with Crippen molar-refractivity contribution in [3.8, 4) is 11.3 Å². The standard InChI is InChI=1S/C17H21N3O/c1-12-3-4-13(2)15(11-12)16-5-6-17(19-18-16)20-9-7-14(21)8-10-20/h3-6,11,14,21H,7-10H2,1-2H3. The van der Waals surface area contributed by atoms with Crippen LogP contribution in [0.2, 0.25) is 0 Å². The zero-order chi connectivity index (χ0) is 14.8. The smallest absolute Gasteiger partial charge is 0.151 e. The summed E-state index contributed by atoms with van der Waals surface area (Å²) in [6.45, 7) is 5.87. The zero-order valence-corrected chi connectivity index (χ0v) is 12.6. The van der Waals surface area contributed by atoms with Crippen LogP contribution in [0.15, 0.2) is 30.3 Å². The van der Waals surface area contributed by atoms with Gasteiger partial charge in [-0.25, -0.2) is 0 Å². The molecule has 110 valence electrons. The molecule has 0 radical (unpaired) electrons. The second kappa shape index (κ2) is 5.82. The van der Waals surface area contributed by atoms with Gasteiger partial charge in [0.05, 0.1) is 11.8 Å². The number of rotatable bonds is 2. The number of hydrogen-bond acceptors (Lipinski definition) is 4. The van der Waals surface area contributed by atoms with Crippen molar-refractivity contribution in [2.75, 3.05) is 18.0 Å². The molecule has 1 saturated heterocycles. The van der Waals surface area contributed by atoms with Crippen molar-refractivity contribution in [2.24, 2.45) is 0 Å². The second-order valence-electron chi connectivity index (χ2n) is 5.81. The van der Waals surface area contributed by atoms with Crippen molar-refractivity contribution in [3.05, 3.63) is 41.5 Å². The quantitative estimate of drug-likeness (QED) is 0.920. The highest BCUT2D eigenvalue weighted by molar-refractivity contribution is 5.64. The number of anilines is 1. The van der Waals surface area contributed by atoms with Gasteiger partial charge in [0.15, 0.2) is 5.82 Å². The summed E-state index contributed by atoms with van der Waals surface area (Å²) in [7, 11) is 0. The Hall–Kier alpha value is -1.94. The molecule has 1 aromatic carbocycles. The maximum Gasteiger partial charge on any atom is 0.151 e. The number of aliphatic hydroxyl groups excluding tert-OH is 1. The lowest BCUT2D eigenvalue weighted by atomic mass is 10.0. The van der Waals surface area contributed by atoms with Crippen LogP contribution in [-0.2, 0) is 0 Å². The molecule has 0 bridgehead atoms. The maximum absolute atomic E-state index is 9.56. The first-order valence-corrected chi connectivity index (χ1v) is 7.48. The van der Waals surface area contributed by atoms with Crippen molar-refractivity contribution < 1.29 is 5.11 Å². The molecule has 1 N–H and O–H groups in total. The number of aromatic nitrogens is 2. The van der Waals surface area contributed by atoms with Gasteiger partial charge < -0.3 is 10.0 Å². The molecule has 1 aromatic heterocycles. The van der Waals surface area contributed by atoms with E-state index in [2.05, 4.69) is 47.1 Å². The molecular formula is C17H21N3O. The van der Waals surface area contributed by atoms with Crippen LogP contribution in [0.3, 0.4) is 0 Å². The Kier molecular flexibility index (Phi) is 3.88. The number of piperidine rings is 1. The van der Waals surface area contributed by atoms with Crippen LogP contribution < -0.4 is 4.90 Å². The van der Waals surface area contributed by atoms with E-state index in [1.165, 1.54) is 11.1 Å². The fraction of sp³-hybridized carbons (Fsp3) is 0.412. The lowest BCUT2D eigenvalue weighted by Gasteiger charge is -2.30. The average Bonchev–Trinajstić information content (AvgIpc) is 2.51. The maximum atomic E-state index is 9.56. The SMILES string of the molecule is Cc1ccc(C)c(-c2ccc(N3CCC(O)CC3)nn2)c1. The van der Waals surface area contributed by atoms with E-state index in [1.54, 1.807) is 0 Å². The first kappa shape index (κ1) is 14.0. The van der Waals surface area contributed by atoms with E-state index in [1.807, 2.05) is 12.1 Å². The van der Waals surface area contributed by atoms with Gasteiger partial charge in [-0.1, -0.05) is 17.7 Å². The van der Waals surface area contributed by atoms with Crippen LogP contribution in [0.1, 0.15) is 24.0 Å². The lowest BCUT2D eigenvalue weighted by molar-refractivity contribution is 0.145. The van der Waals surface area contributed by atoms with Gasteiger partial charge in [-0.15, -0.1) is 10.2 Å². The van der Waals surface area contributed by atoms with Gasteiger partial charge in [-0.05, 0) is 50.5 Å². The lowest BCUT2D eigenvalue weighted by Crippen LogP contribution is -2.36. The third kappa shape index (κ3) is 3.05. The Morgan fingerprint density at radius 2 is 1.81 bits per heavy atom. The molecular weight excluding hydrogens is 262 g/mol. The molecule has 2 heterocycles. The molecule has 1 fully saturated rings. The molecule has 0 aliphatic carbocycles. The molecule has 0 unspecified atom stereocenters. The minimum Gasteiger partial charge on any atom is -0.393 e. The van der Waals surface area contributed by atoms with Gasteiger partial charge in [0, 0.05) is 18.7 Å². The molecule has 0 atom stereocenters. The first-order chi connectivity index (χ1) is 10.1. The highest BCUT2D eigenvalue weighted by Gasteiger charge is 2.18. The molecule has 0 saturated carbocycles. The Morgan fingerprint density at radius 1 is 1.05 bits per heavy atom. The predicted molar refractivity (Wildman–Crippen MR) is 84.4 cm³/mol. The van der Waals surface area contributed by atoms with Crippen molar-refractivity contribution in [2.45, 2.75) is 32.8 Å². The van der Waals surface area contributed by atoms with E-state index >= 15 is 0 Å². The summed E-state index contributed by atoms with van der Waals surface area (Å²) < 4.78 is 0. The summed E-state index contributed by atoms with van der Waals surface area (Å²) in [5.41, 5.74) is 4.50. The van der Waals surface area contributed by atoms with E-state index in [0.29, 0.717) is 0 Å². The number of aliphatic hydroxyl groups is 1. The van der Waals surface area contributed by atoms with E-state index < -0.39 is 0 Å². The van der Waals surface area contributed by atoms with E-state index in [9.17, 15) is 5.11 Å². The Balaban J connectivity index is 1.82. The number of nitrogens with zero attached hydrogens (tertiary/aromatic N) is 3. The highest BCUT2D eigenvalue weighted by atomic mass is 16.3. The molecule has 0 amide bonds. The third-order valence-corrected chi connectivity index (χ3v) is 4.11. The average molecular weight is 283 g/mol. The van der Waals surface area contributed by atoms with Crippen LogP contribution in [0.4, 0.5) is 5.82 Å². The van der Waals surface area contributed by atoms with Crippen LogP contribution in [0.25, 0.3) is 11.3 Å². The Morgan fingerprint density at radius 3 is 2.48 bits per heavy atom. The first-order valence-electron chi connectivity index (χ1n) is 7.48. The van der Waals surface area contributed by atoms with Crippen molar-refractivity contribution in [1.29, 1.82) is 0 Å². The topological polar surface area (TPSA) is 49.2 Å². The molecule has 1 aliphatic heterocycles. The van der Waals surface area contributed by atoms with Gasteiger partial charge in [0.1, 0.15) is 0 Å². The summed E-state index contributed by atoms with van der Waals surface area (Å²) in [6.07, 6.45) is 1.45. The van der Waals surface area contributed by atoms with Crippen molar-refractivity contribution >= 4 is 5.82 Å². The van der Waals surface area contributed by atoms with E-state index in [0.717, 1.165) is 43.0 Å². The molecule has 4 heteroatoms. The van der Waals surface area contributed by atoms with Crippen LogP contribution in [0.5, 0.6) is 0 Å². The molecule has 3 rings (SSSR count). The molecule has 21 heavy (non-hydrogen) atoms. The summed E-state index contributed by atoms with van der Waals surface area (Å²) >= 11 is 0. The number of aryl methyl sites for hydroxylation is 2. The fourth-order valence-corrected chi connectivity index (χ4v) is 2.74. The third-order valence-electron chi connectivity index (χ3n) is 4.11. The molecule has 2 aromatic rings. The molecule has 4 nitrogen and oxygen atoms in total. The minimum absolute atomic E-state index is 0.163. The predicted octanol–water partition coefficient (Wildman–Crippen LogP) is 2.72. The minimum atomic E-state index is -0.163. The van der Waals surface area contributed by atoms with Gasteiger partial charge in [-0.2, -0.15) is 0 Å². The summed E-state index contributed by atoms with van der Waals surface area (Å²) in [5, 5.41) is 18.3. The fourth-order valence-electron chi connectivity index (χ4n) is 2.74. The number of benzene rings is 1. The van der Waals surface area contributed by atoms with Gasteiger partial charge >= 0.3 is 0 Å². The molecule has 0 spiro atoms. The molecule has 1 aliphatic rings. The van der Waals surface area contributed by atoms with Crippen LogP contribution >= 0.6 is 0 Å². The van der Waals surface area contributed by atoms with Gasteiger partial charge in [0.2, 0.25) is 0 Å². The van der Waals surface area contributed by atoms with Crippen LogP contribution in [-0.4, -0.2) is 34.5 Å². The zero-order valence-electron chi connectivity index (χ0n) is 12.6. The van der Waals surface area contributed by atoms with E-state index in [-0.39, 0.29) is 6.10 Å². The van der Waals surface area contributed by atoms with Crippen molar-refractivity contribution in [3.63, 3.8) is 0 Å². The Labute approximate surface area is 125 Å². The Bertz CT molecular complexity index is 616.